The molecule has 0 bridgehead atoms. The second-order valence-electron chi connectivity index (χ2n) is 4.82. The number of hydrogen-bond donors (Lipinski definition) is 0. The van der Waals surface area contributed by atoms with Gasteiger partial charge in [-0.1, -0.05) is 18.2 Å². The summed E-state index contributed by atoms with van der Waals surface area (Å²) >= 11 is 0. The lowest BCUT2D eigenvalue weighted by molar-refractivity contribution is -0.137. The number of hydrogen-bond acceptors (Lipinski definition) is 3. The van der Waals surface area contributed by atoms with Crippen LogP contribution in [0.25, 0.3) is 0 Å². The van der Waals surface area contributed by atoms with Gasteiger partial charge in [-0.3, -0.25) is 0 Å². The van der Waals surface area contributed by atoms with Crippen LogP contribution in [0.1, 0.15) is 29.7 Å². The van der Waals surface area contributed by atoms with Gasteiger partial charge in [0.2, 0.25) is 0 Å². The first-order valence-corrected chi connectivity index (χ1v) is 6.77. The molecule has 3 nitrogen and oxygen atoms in total. The first-order valence-electron chi connectivity index (χ1n) is 6.77. The van der Waals surface area contributed by atoms with Gasteiger partial charge in [0.1, 0.15) is 17.6 Å². The van der Waals surface area contributed by atoms with Crippen LogP contribution in [0.2, 0.25) is 0 Å². The van der Waals surface area contributed by atoms with Crippen LogP contribution in [0, 0.1) is 11.3 Å². The molecule has 1 atom stereocenters. The smallest absolute Gasteiger partial charge is 0.417 e. The van der Waals surface area contributed by atoms with Gasteiger partial charge >= 0.3 is 6.18 Å². The molecular weight excluding hydrogens is 307 g/mol. The Morgan fingerprint density at radius 1 is 1.13 bits per heavy atom. The number of alkyl halides is 3. The molecule has 0 heterocycles. The Kier molecular flexibility index (Phi) is 4.80. The van der Waals surface area contributed by atoms with Crippen molar-refractivity contribution in [1.82, 2.24) is 0 Å². The van der Waals surface area contributed by atoms with Crippen molar-refractivity contribution in [3.63, 3.8) is 0 Å². The summed E-state index contributed by atoms with van der Waals surface area (Å²) in [6.07, 6.45) is -5.13. The summed E-state index contributed by atoms with van der Waals surface area (Å²) in [4.78, 5) is 0. The molecule has 0 saturated carbocycles. The van der Waals surface area contributed by atoms with Crippen molar-refractivity contribution in [2.24, 2.45) is 0 Å². The number of halogens is 3. The molecule has 23 heavy (non-hydrogen) atoms. The van der Waals surface area contributed by atoms with Gasteiger partial charge in [-0.05, 0) is 31.2 Å². The third kappa shape index (κ3) is 3.75. The van der Waals surface area contributed by atoms with E-state index in [4.69, 9.17) is 14.7 Å². The molecule has 0 aliphatic carbocycles. The van der Waals surface area contributed by atoms with Crippen LogP contribution in [0.5, 0.6) is 11.5 Å². The van der Waals surface area contributed by atoms with Gasteiger partial charge in [-0.2, -0.15) is 18.4 Å². The molecule has 0 fully saturated rings. The minimum Gasteiger partial charge on any atom is -0.496 e. The predicted molar refractivity (Wildman–Crippen MR) is 78.2 cm³/mol. The molecule has 6 heteroatoms. The third-order valence-electron chi connectivity index (χ3n) is 3.31. The van der Waals surface area contributed by atoms with Crippen molar-refractivity contribution in [2.45, 2.75) is 19.2 Å². The third-order valence-corrected chi connectivity index (χ3v) is 3.31. The number of nitrogens with zero attached hydrogens (tertiary/aromatic N) is 1. The van der Waals surface area contributed by atoms with Crippen molar-refractivity contribution in [3.8, 4) is 17.6 Å². The second-order valence-corrected chi connectivity index (χ2v) is 4.82. The Bertz CT molecular complexity index is 735. The van der Waals surface area contributed by atoms with E-state index in [2.05, 4.69) is 0 Å². The fraction of sp³-hybridized carbons (Fsp3) is 0.235. The first kappa shape index (κ1) is 16.7. The van der Waals surface area contributed by atoms with Crippen LogP contribution in [-0.2, 0) is 6.18 Å². The molecule has 120 valence electrons. The highest BCUT2D eigenvalue weighted by Crippen LogP contribution is 2.36. The zero-order chi connectivity index (χ0) is 17.0. The molecule has 0 aromatic heterocycles. The Hall–Kier alpha value is -2.68. The number of benzene rings is 2. The number of nitriles is 1. The summed E-state index contributed by atoms with van der Waals surface area (Å²) in [5, 5.41) is 8.79. The van der Waals surface area contributed by atoms with Crippen LogP contribution in [-0.4, -0.2) is 7.11 Å². The van der Waals surface area contributed by atoms with E-state index in [1.165, 1.54) is 19.2 Å². The Balaban J connectivity index is 2.32. The molecule has 0 spiro atoms. The Morgan fingerprint density at radius 2 is 1.83 bits per heavy atom. The summed E-state index contributed by atoms with van der Waals surface area (Å²) in [7, 11) is 1.51. The highest BCUT2D eigenvalue weighted by molar-refractivity contribution is 5.45. The summed E-state index contributed by atoms with van der Waals surface area (Å²) in [6.45, 7) is 1.71. The summed E-state index contributed by atoms with van der Waals surface area (Å²) in [5.41, 5.74) is -0.729. The molecule has 2 aromatic carbocycles. The highest BCUT2D eigenvalue weighted by Gasteiger charge is 2.34. The van der Waals surface area contributed by atoms with E-state index in [9.17, 15) is 13.2 Å². The van der Waals surface area contributed by atoms with Crippen LogP contribution in [0.3, 0.4) is 0 Å². The van der Waals surface area contributed by atoms with E-state index in [0.29, 0.717) is 11.3 Å². The second kappa shape index (κ2) is 6.61. The fourth-order valence-electron chi connectivity index (χ4n) is 2.20. The van der Waals surface area contributed by atoms with Crippen LogP contribution in [0.15, 0.2) is 42.5 Å². The first-order chi connectivity index (χ1) is 10.9. The number of para-hydroxylation sites is 1. The van der Waals surface area contributed by atoms with Crippen molar-refractivity contribution < 1.29 is 22.6 Å². The summed E-state index contributed by atoms with van der Waals surface area (Å²) in [6, 6.07) is 11.9. The van der Waals surface area contributed by atoms with E-state index in [0.717, 1.165) is 12.1 Å². The van der Waals surface area contributed by atoms with Gasteiger partial charge in [0, 0.05) is 5.56 Å². The maximum absolute atomic E-state index is 13.0. The molecule has 2 aromatic rings. The monoisotopic (exact) mass is 321 g/mol. The lowest BCUT2D eigenvalue weighted by Gasteiger charge is -2.19. The normalized spacial score (nSPS) is 12.3. The molecule has 2 rings (SSSR count). The molecular formula is C17H14F3NO2. The molecule has 1 unspecified atom stereocenters. The summed E-state index contributed by atoms with van der Waals surface area (Å²) in [5.74, 6) is 0.624. The largest absolute Gasteiger partial charge is 0.496 e. The Morgan fingerprint density at radius 3 is 2.43 bits per heavy atom. The lowest BCUT2D eigenvalue weighted by atomic mass is 10.1. The zero-order valence-corrected chi connectivity index (χ0v) is 12.5. The summed E-state index contributed by atoms with van der Waals surface area (Å²) < 4.78 is 49.7. The number of rotatable bonds is 4. The topological polar surface area (TPSA) is 42.2 Å². The van der Waals surface area contributed by atoms with Crippen LogP contribution in [0.4, 0.5) is 13.2 Å². The standard InChI is InChI=1S/C17H14F3NO2/c1-11(14-5-3-4-6-16(14)22-2)23-13-8-7-12(10-21)15(9-13)17(18,19)20/h3-9,11H,1-2H3. The minimum atomic E-state index is -4.61. The van der Waals surface area contributed by atoms with Crippen LogP contribution >= 0.6 is 0 Å². The SMILES string of the molecule is COc1ccccc1C(C)Oc1ccc(C#N)c(C(F)(F)F)c1. The van der Waals surface area contributed by atoms with E-state index in [1.54, 1.807) is 31.2 Å². The molecule has 0 radical (unpaired) electrons. The Labute approximate surface area is 131 Å². The van der Waals surface area contributed by atoms with E-state index in [1.807, 2.05) is 0 Å². The number of methoxy groups -OCH3 is 1. The maximum atomic E-state index is 13.0. The van der Waals surface area contributed by atoms with Crippen molar-refractivity contribution in [1.29, 1.82) is 5.26 Å². The van der Waals surface area contributed by atoms with Crippen molar-refractivity contribution >= 4 is 0 Å². The average Bonchev–Trinajstić information content (AvgIpc) is 2.53. The fourth-order valence-corrected chi connectivity index (χ4v) is 2.20. The lowest BCUT2D eigenvalue weighted by Crippen LogP contribution is -2.10. The molecule has 0 N–H and O–H groups in total. The highest BCUT2D eigenvalue weighted by atomic mass is 19.4. The van der Waals surface area contributed by atoms with Crippen molar-refractivity contribution in [3.05, 3.63) is 59.2 Å². The molecule has 0 saturated heterocycles. The van der Waals surface area contributed by atoms with Gasteiger partial charge in [-0.15, -0.1) is 0 Å². The van der Waals surface area contributed by atoms with E-state index < -0.39 is 23.4 Å². The minimum absolute atomic E-state index is 0.0368. The van der Waals surface area contributed by atoms with Gasteiger partial charge in [0.25, 0.3) is 0 Å². The van der Waals surface area contributed by atoms with Gasteiger partial charge in [0.15, 0.2) is 0 Å². The quantitative estimate of drug-likeness (QED) is 0.818. The molecule has 0 aliphatic rings. The molecule has 0 aliphatic heterocycles. The average molecular weight is 321 g/mol. The van der Waals surface area contributed by atoms with Gasteiger partial charge in [-0.25, -0.2) is 0 Å². The van der Waals surface area contributed by atoms with Crippen LogP contribution < -0.4 is 9.47 Å². The maximum Gasteiger partial charge on any atom is 0.417 e. The zero-order valence-electron chi connectivity index (χ0n) is 12.5. The molecule has 0 amide bonds. The van der Waals surface area contributed by atoms with E-state index >= 15 is 0 Å². The van der Waals surface area contributed by atoms with Gasteiger partial charge in [0.05, 0.1) is 24.3 Å². The predicted octanol–water partition coefficient (Wildman–Crippen LogP) is 4.73. The van der Waals surface area contributed by atoms with E-state index in [-0.39, 0.29) is 5.75 Å². The number of ether oxygens (including phenoxy) is 2. The van der Waals surface area contributed by atoms with Crippen molar-refractivity contribution in [2.75, 3.05) is 7.11 Å². The van der Waals surface area contributed by atoms with Gasteiger partial charge < -0.3 is 9.47 Å².